The Balaban J connectivity index is 2.29. The first-order chi connectivity index (χ1) is 9.88. The van der Waals surface area contributed by atoms with Crippen LogP contribution in [-0.4, -0.2) is 27.0 Å². The van der Waals surface area contributed by atoms with E-state index in [4.69, 9.17) is 5.11 Å². The Kier molecular flexibility index (Phi) is 3.98. The molecule has 21 heavy (non-hydrogen) atoms. The normalized spacial score (nSPS) is 10.2. The highest BCUT2D eigenvalue weighted by Gasteiger charge is 2.13. The molecule has 0 saturated carbocycles. The van der Waals surface area contributed by atoms with Crippen LogP contribution < -0.4 is 5.32 Å². The lowest BCUT2D eigenvalue weighted by Gasteiger charge is -2.10. The van der Waals surface area contributed by atoms with Gasteiger partial charge in [-0.25, -0.2) is 9.78 Å². The van der Waals surface area contributed by atoms with Crippen molar-refractivity contribution in [3.63, 3.8) is 0 Å². The maximum atomic E-state index is 12.0. The van der Waals surface area contributed by atoms with Crippen LogP contribution in [0.3, 0.4) is 0 Å². The van der Waals surface area contributed by atoms with E-state index in [1.54, 1.807) is 26.8 Å². The van der Waals surface area contributed by atoms with Crippen LogP contribution in [0.4, 0.5) is 5.69 Å². The summed E-state index contributed by atoms with van der Waals surface area (Å²) in [5.41, 5.74) is 2.94. The summed E-state index contributed by atoms with van der Waals surface area (Å²) in [6.07, 6.45) is 2.88. The van der Waals surface area contributed by atoms with Gasteiger partial charge in [-0.05, 0) is 44.0 Å². The summed E-state index contributed by atoms with van der Waals surface area (Å²) in [6, 6.07) is 3.16. The lowest BCUT2D eigenvalue weighted by molar-refractivity contribution is 0.0695. The molecular weight excluding hydrogens is 270 g/mol. The van der Waals surface area contributed by atoms with Gasteiger partial charge in [0.15, 0.2) is 0 Å². The smallest absolute Gasteiger partial charge is 0.336 e. The lowest BCUT2D eigenvalue weighted by atomic mass is 10.0. The van der Waals surface area contributed by atoms with Gasteiger partial charge in [0.2, 0.25) is 0 Å². The van der Waals surface area contributed by atoms with Crippen molar-refractivity contribution in [2.45, 2.75) is 20.8 Å². The maximum absolute atomic E-state index is 12.0. The van der Waals surface area contributed by atoms with Gasteiger partial charge in [0.1, 0.15) is 5.69 Å². The predicted octanol–water partition coefficient (Wildman–Crippen LogP) is 2.35. The van der Waals surface area contributed by atoms with E-state index >= 15 is 0 Å². The third-order valence-corrected chi connectivity index (χ3v) is 3.17. The van der Waals surface area contributed by atoms with Crippen molar-refractivity contribution in [3.8, 4) is 0 Å². The highest BCUT2D eigenvalue weighted by atomic mass is 16.4. The van der Waals surface area contributed by atoms with Gasteiger partial charge < -0.3 is 10.4 Å². The number of nitrogens with one attached hydrogen (secondary N) is 1. The first-order valence-corrected chi connectivity index (χ1v) is 6.33. The van der Waals surface area contributed by atoms with Crippen LogP contribution in [0.2, 0.25) is 0 Å². The molecule has 1 amide bonds. The highest BCUT2D eigenvalue weighted by molar-refractivity contribution is 6.03. The minimum Gasteiger partial charge on any atom is -0.478 e. The minimum absolute atomic E-state index is 0.167. The molecule has 0 saturated heterocycles. The highest BCUT2D eigenvalue weighted by Crippen LogP contribution is 2.20. The Morgan fingerprint density at radius 2 is 1.81 bits per heavy atom. The number of aromatic nitrogens is 2. The standard InChI is InChI=1S/C15H15N3O3/c1-8-4-11(5-12(10(8)3)15(20)21)18-14(19)13-7-16-9(2)6-17-13/h4-7H,1-3H3,(H,18,19)(H,20,21). The molecule has 1 heterocycles. The number of hydrogen-bond donors (Lipinski definition) is 2. The van der Waals surface area contributed by atoms with Crippen LogP contribution in [0.15, 0.2) is 24.5 Å². The van der Waals surface area contributed by atoms with Crippen molar-refractivity contribution >= 4 is 17.6 Å². The number of carboxylic acids is 1. The fourth-order valence-corrected chi connectivity index (χ4v) is 1.86. The number of rotatable bonds is 3. The molecule has 6 nitrogen and oxygen atoms in total. The average molecular weight is 285 g/mol. The van der Waals surface area contributed by atoms with Gasteiger partial charge in [-0.2, -0.15) is 0 Å². The van der Waals surface area contributed by atoms with E-state index in [0.717, 1.165) is 5.56 Å². The molecular formula is C15H15N3O3. The summed E-state index contributed by atoms with van der Waals surface area (Å²) in [4.78, 5) is 31.2. The lowest BCUT2D eigenvalue weighted by Crippen LogP contribution is -2.15. The Bertz CT molecular complexity index is 709. The summed E-state index contributed by atoms with van der Waals surface area (Å²) >= 11 is 0. The van der Waals surface area contributed by atoms with Gasteiger partial charge in [-0.3, -0.25) is 9.78 Å². The van der Waals surface area contributed by atoms with Gasteiger partial charge >= 0.3 is 5.97 Å². The zero-order valence-corrected chi connectivity index (χ0v) is 12.0. The molecule has 0 aliphatic rings. The fraction of sp³-hybridized carbons (Fsp3) is 0.200. The van der Waals surface area contributed by atoms with Crippen molar-refractivity contribution in [2.24, 2.45) is 0 Å². The topological polar surface area (TPSA) is 92.2 Å². The van der Waals surface area contributed by atoms with Crippen molar-refractivity contribution in [1.29, 1.82) is 0 Å². The zero-order chi connectivity index (χ0) is 15.6. The molecule has 108 valence electrons. The number of carbonyl (C=O) groups is 2. The number of carbonyl (C=O) groups excluding carboxylic acids is 1. The molecule has 0 fully saturated rings. The summed E-state index contributed by atoms with van der Waals surface area (Å²) in [5, 5.41) is 11.8. The second kappa shape index (κ2) is 5.70. The molecule has 0 bridgehead atoms. The van der Waals surface area contributed by atoms with E-state index < -0.39 is 11.9 Å². The van der Waals surface area contributed by atoms with Crippen molar-refractivity contribution in [1.82, 2.24) is 9.97 Å². The van der Waals surface area contributed by atoms with Gasteiger partial charge in [0.25, 0.3) is 5.91 Å². The monoisotopic (exact) mass is 285 g/mol. The number of hydrogen-bond acceptors (Lipinski definition) is 4. The summed E-state index contributed by atoms with van der Waals surface area (Å²) in [6.45, 7) is 5.30. The van der Waals surface area contributed by atoms with Gasteiger partial charge in [-0.15, -0.1) is 0 Å². The summed E-state index contributed by atoms with van der Waals surface area (Å²) < 4.78 is 0. The molecule has 0 spiro atoms. The Morgan fingerprint density at radius 3 is 2.38 bits per heavy atom. The molecule has 2 rings (SSSR count). The Morgan fingerprint density at radius 1 is 1.10 bits per heavy atom. The van der Waals surface area contributed by atoms with E-state index in [2.05, 4.69) is 15.3 Å². The van der Waals surface area contributed by atoms with Gasteiger partial charge in [-0.1, -0.05) is 0 Å². The van der Waals surface area contributed by atoms with E-state index in [1.807, 2.05) is 0 Å². The van der Waals surface area contributed by atoms with Crippen LogP contribution in [0.25, 0.3) is 0 Å². The number of aromatic carboxylic acids is 1. The third kappa shape index (κ3) is 3.22. The van der Waals surface area contributed by atoms with Crippen LogP contribution in [0, 0.1) is 20.8 Å². The van der Waals surface area contributed by atoms with E-state index in [1.165, 1.54) is 18.5 Å². The Hall–Kier alpha value is -2.76. The fourth-order valence-electron chi connectivity index (χ4n) is 1.86. The first-order valence-electron chi connectivity index (χ1n) is 6.33. The van der Waals surface area contributed by atoms with E-state index in [-0.39, 0.29) is 11.3 Å². The molecule has 0 unspecified atom stereocenters. The van der Waals surface area contributed by atoms with Crippen LogP contribution in [0.5, 0.6) is 0 Å². The molecule has 2 N–H and O–H groups in total. The predicted molar refractivity (Wildman–Crippen MR) is 77.6 cm³/mol. The number of carboxylic acid groups (broad SMARTS) is 1. The number of anilines is 1. The maximum Gasteiger partial charge on any atom is 0.336 e. The average Bonchev–Trinajstić information content (AvgIpc) is 2.43. The van der Waals surface area contributed by atoms with Crippen LogP contribution >= 0.6 is 0 Å². The van der Waals surface area contributed by atoms with Gasteiger partial charge in [0, 0.05) is 11.9 Å². The molecule has 2 aromatic rings. The number of benzene rings is 1. The molecule has 1 aromatic heterocycles. The minimum atomic E-state index is -1.03. The second-order valence-corrected chi connectivity index (χ2v) is 4.77. The number of nitrogens with zero attached hydrogens (tertiary/aromatic N) is 2. The third-order valence-electron chi connectivity index (χ3n) is 3.17. The zero-order valence-electron chi connectivity index (χ0n) is 12.0. The van der Waals surface area contributed by atoms with Gasteiger partial charge in [0.05, 0.1) is 17.5 Å². The largest absolute Gasteiger partial charge is 0.478 e. The van der Waals surface area contributed by atoms with E-state index in [0.29, 0.717) is 16.9 Å². The molecule has 0 atom stereocenters. The van der Waals surface area contributed by atoms with Crippen molar-refractivity contribution < 1.29 is 14.7 Å². The second-order valence-electron chi connectivity index (χ2n) is 4.77. The summed E-state index contributed by atoms with van der Waals surface area (Å²) in [5.74, 6) is -1.45. The van der Waals surface area contributed by atoms with Crippen LogP contribution in [0.1, 0.15) is 37.7 Å². The van der Waals surface area contributed by atoms with Crippen LogP contribution in [-0.2, 0) is 0 Å². The molecule has 0 aliphatic heterocycles. The first kappa shape index (κ1) is 14.6. The number of aryl methyl sites for hydroxylation is 2. The summed E-state index contributed by atoms with van der Waals surface area (Å²) in [7, 11) is 0. The molecule has 0 radical (unpaired) electrons. The van der Waals surface area contributed by atoms with Crippen molar-refractivity contribution in [2.75, 3.05) is 5.32 Å². The Labute approximate surface area is 121 Å². The van der Waals surface area contributed by atoms with Crippen molar-refractivity contribution in [3.05, 3.63) is 52.6 Å². The quantitative estimate of drug-likeness (QED) is 0.903. The molecule has 6 heteroatoms. The van der Waals surface area contributed by atoms with E-state index in [9.17, 15) is 9.59 Å². The number of amides is 1. The SMILES string of the molecule is Cc1cnc(C(=O)Nc2cc(C)c(C)c(C(=O)O)c2)cn1. The molecule has 1 aromatic carbocycles. The molecule has 0 aliphatic carbocycles.